The molecule has 2 N–H and O–H groups in total. The lowest BCUT2D eigenvalue weighted by Crippen LogP contribution is -1.95. The molecule has 0 radical (unpaired) electrons. The van der Waals surface area contributed by atoms with E-state index in [1.807, 2.05) is 0 Å². The van der Waals surface area contributed by atoms with Crippen LogP contribution < -0.4 is 5.73 Å². The second-order valence-electron chi connectivity index (χ2n) is 2.06. The number of nitrogens with zero attached hydrogens (tertiary/aromatic N) is 1. The first-order valence-electron chi connectivity index (χ1n) is 3.47. The van der Waals surface area contributed by atoms with Crippen molar-refractivity contribution in [2.45, 2.75) is 0 Å². The summed E-state index contributed by atoms with van der Waals surface area (Å²) >= 11 is 0. The van der Waals surface area contributed by atoms with Crippen LogP contribution in [-0.2, 0) is 0 Å². The van der Waals surface area contributed by atoms with E-state index in [1.165, 1.54) is 0 Å². The van der Waals surface area contributed by atoms with E-state index in [0.29, 0.717) is 11.3 Å². The Morgan fingerprint density at radius 2 is 2.50 bits per heavy atom. The SMILES string of the molecule is NCC#Cc1ncccc1C=O. The average Bonchev–Trinajstić information content (AvgIpc) is 2.15. The second-order valence-corrected chi connectivity index (χ2v) is 2.06. The van der Waals surface area contributed by atoms with Gasteiger partial charge in [0, 0.05) is 11.8 Å². The van der Waals surface area contributed by atoms with Crippen molar-refractivity contribution in [2.24, 2.45) is 5.73 Å². The van der Waals surface area contributed by atoms with Gasteiger partial charge in [0.25, 0.3) is 0 Å². The van der Waals surface area contributed by atoms with Crippen LogP contribution in [0.3, 0.4) is 0 Å². The Morgan fingerprint density at radius 3 is 3.17 bits per heavy atom. The Hall–Kier alpha value is -1.66. The first-order valence-corrected chi connectivity index (χ1v) is 3.47. The van der Waals surface area contributed by atoms with Gasteiger partial charge in [0.05, 0.1) is 6.54 Å². The van der Waals surface area contributed by atoms with Gasteiger partial charge >= 0.3 is 0 Å². The van der Waals surface area contributed by atoms with E-state index < -0.39 is 0 Å². The standard InChI is InChI=1S/C9H8N2O/c10-5-1-4-9-8(7-12)3-2-6-11-9/h2-3,6-7H,5,10H2. The van der Waals surface area contributed by atoms with E-state index in [1.54, 1.807) is 18.3 Å². The number of hydrogen-bond acceptors (Lipinski definition) is 3. The van der Waals surface area contributed by atoms with Gasteiger partial charge in [0.15, 0.2) is 6.29 Å². The lowest BCUT2D eigenvalue weighted by Gasteiger charge is -1.91. The lowest BCUT2D eigenvalue weighted by atomic mass is 10.2. The van der Waals surface area contributed by atoms with Crippen LogP contribution in [0, 0.1) is 11.8 Å². The molecule has 0 bridgehead atoms. The first kappa shape index (κ1) is 8.44. The van der Waals surface area contributed by atoms with E-state index in [2.05, 4.69) is 16.8 Å². The van der Waals surface area contributed by atoms with Crippen molar-refractivity contribution in [3.8, 4) is 11.8 Å². The van der Waals surface area contributed by atoms with Crippen molar-refractivity contribution in [3.05, 3.63) is 29.6 Å². The third-order valence-corrected chi connectivity index (χ3v) is 1.27. The minimum absolute atomic E-state index is 0.273. The van der Waals surface area contributed by atoms with Crippen LogP contribution in [0.4, 0.5) is 0 Å². The van der Waals surface area contributed by atoms with E-state index in [-0.39, 0.29) is 6.54 Å². The van der Waals surface area contributed by atoms with Gasteiger partial charge in [-0.2, -0.15) is 0 Å². The molecule has 0 spiro atoms. The summed E-state index contributed by atoms with van der Waals surface area (Å²) in [6.45, 7) is 0.273. The molecule has 1 rings (SSSR count). The Balaban J connectivity index is 3.05. The predicted octanol–water partition coefficient (Wildman–Crippen LogP) is 0.204. The Kier molecular flexibility index (Phi) is 3.00. The number of rotatable bonds is 1. The van der Waals surface area contributed by atoms with Gasteiger partial charge in [-0.25, -0.2) is 4.98 Å². The van der Waals surface area contributed by atoms with E-state index in [4.69, 9.17) is 5.73 Å². The molecule has 0 saturated carbocycles. The number of carbonyl (C=O) groups is 1. The van der Waals surface area contributed by atoms with Gasteiger partial charge in [-0.3, -0.25) is 4.79 Å². The monoisotopic (exact) mass is 160 g/mol. The molecule has 60 valence electrons. The fourth-order valence-electron chi connectivity index (χ4n) is 0.752. The molecule has 1 heterocycles. The van der Waals surface area contributed by atoms with Crippen molar-refractivity contribution >= 4 is 6.29 Å². The second kappa shape index (κ2) is 4.27. The molecule has 0 aromatic carbocycles. The van der Waals surface area contributed by atoms with Crippen molar-refractivity contribution in [2.75, 3.05) is 6.54 Å². The summed E-state index contributed by atoms with van der Waals surface area (Å²) < 4.78 is 0. The number of nitrogens with two attached hydrogens (primary N) is 1. The minimum Gasteiger partial charge on any atom is -0.320 e. The molecular formula is C9H8N2O. The molecule has 0 aliphatic rings. The number of carbonyl (C=O) groups excluding carboxylic acids is 1. The van der Waals surface area contributed by atoms with E-state index in [9.17, 15) is 4.79 Å². The van der Waals surface area contributed by atoms with Crippen LogP contribution >= 0.6 is 0 Å². The van der Waals surface area contributed by atoms with Gasteiger partial charge in [-0.05, 0) is 18.1 Å². The molecular weight excluding hydrogens is 152 g/mol. The highest BCUT2D eigenvalue weighted by atomic mass is 16.1. The number of aldehydes is 1. The summed E-state index contributed by atoms with van der Waals surface area (Å²) in [5, 5.41) is 0. The van der Waals surface area contributed by atoms with Gasteiger partial charge in [0.1, 0.15) is 5.69 Å². The highest BCUT2D eigenvalue weighted by Crippen LogP contribution is 1.98. The van der Waals surface area contributed by atoms with Crippen LogP contribution in [-0.4, -0.2) is 17.8 Å². The smallest absolute Gasteiger partial charge is 0.152 e. The van der Waals surface area contributed by atoms with Crippen LogP contribution in [0.25, 0.3) is 0 Å². The molecule has 0 amide bonds. The van der Waals surface area contributed by atoms with E-state index in [0.717, 1.165) is 6.29 Å². The maximum absolute atomic E-state index is 10.5. The largest absolute Gasteiger partial charge is 0.320 e. The molecule has 0 aliphatic carbocycles. The highest BCUT2D eigenvalue weighted by Gasteiger charge is 1.95. The normalized spacial score (nSPS) is 8.42. The van der Waals surface area contributed by atoms with Gasteiger partial charge in [-0.1, -0.05) is 5.92 Å². The third-order valence-electron chi connectivity index (χ3n) is 1.27. The summed E-state index contributed by atoms with van der Waals surface area (Å²) in [7, 11) is 0. The molecule has 1 aromatic heterocycles. The topological polar surface area (TPSA) is 56.0 Å². The minimum atomic E-state index is 0.273. The van der Waals surface area contributed by atoms with Crippen molar-refractivity contribution in [1.82, 2.24) is 4.98 Å². The Morgan fingerprint density at radius 1 is 1.67 bits per heavy atom. The van der Waals surface area contributed by atoms with Gasteiger partial charge in [0.2, 0.25) is 0 Å². The Bertz CT molecular complexity index is 336. The highest BCUT2D eigenvalue weighted by molar-refractivity contribution is 5.78. The number of hydrogen-bond donors (Lipinski definition) is 1. The fourth-order valence-corrected chi connectivity index (χ4v) is 0.752. The van der Waals surface area contributed by atoms with Crippen molar-refractivity contribution < 1.29 is 4.79 Å². The summed E-state index contributed by atoms with van der Waals surface area (Å²) in [6, 6.07) is 3.36. The van der Waals surface area contributed by atoms with Crippen molar-refractivity contribution in [1.29, 1.82) is 0 Å². The van der Waals surface area contributed by atoms with Crippen LogP contribution in [0.1, 0.15) is 16.1 Å². The maximum atomic E-state index is 10.5. The average molecular weight is 160 g/mol. The summed E-state index contributed by atoms with van der Waals surface area (Å²) in [4.78, 5) is 14.4. The van der Waals surface area contributed by atoms with Crippen LogP contribution in [0.15, 0.2) is 18.3 Å². The molecule has 0 saturated heterocycles. The molecule has 0 atom stereocenters. The molecule has 3 nitrogen and oxygen atoms in total. The zero-order valence-electron chi connectivity index (χ0n) is 6.45. The molecule has 1 aromatic rings. The zero-order chi connectivity index (χ0) is 8.81. The van der Waals surface area contributed by atoms with Crippen molar-refractivity contribution in [3.63, 3.8) is 0 Å². The summed E-state index contributed by atoms with van der Waals surface area (Å²) in [5.74, 6) is 5.34. The molecule has 12 heavy (non-hydrogen) atoms. The maximum Gasteiger partial charge on any atom is 0.152 e. The van der Waals surface area contributed by atoms with Gasteiger partial charge in [-0.15, -0.1) is 0 Å². The Labute approximate surface area is 70.6 Å². The summed E-state index contributed by atoms with van der Waals surface area (Å²) in [6.07, 6.45) is 2.32. The number of pyridine rings is 1. The third kappa shape index (κ3) is 1.91. The zero-order valence-corrected chi connectivity index (χ0v) is 6.45. The van der Waals surface area contributed by atoms with Crippen LogP contribution in [0.2, 0.25) is 0 Å². The molecule has 0 aliphatic heterocycles. The molecule has 0 fully saturated rings. The van der Waals surface area contributed by atoms with E-state index >= 15 is 0 Å². The lowest BCUT2D eigenvalue weighted by molar-refractivity contribution is 0.112. The van der Waals surface area contributed by atoms with Crippen LogP contribution in [0.5, 0.6) is 0 Å². The molecule has 3 heteroatoms. The quantitative estimate of drug-likeness (QED) is 0.471. The number of aromatic nitrogens is 1. The summed E-state index contributed by atoms with van der Waals surface area (Å²) in [5.41, 5.74) is 6.16. The van der Waals surface area contributed by atoms with Gasteiger partial charge < -0.3 is 5.73 Å². The predicted molar refractivity (Wildman–Crippen MR) is 45.6 cm³/mol. The first-order chi connectivity index (χ1) is 5.88. The fraction of sp³-hybridized carbons (Fsp3) is 0.111. The molecule has 0 unspecified atom stereocenters.